The Bertz CT molecular complexity index is 682. The van der Waals surface area contributed by atoms with Crippen LogP contribution < -0.4 is 10.6 Å². The van der Waals surface area contributed by atoms with Gasteiger partial charge in [-0.1, -0.05) is 38.8 Å². The van der Waals surface area contributed by atoms with Gasteiger partial charge in [0.15, 0.2) is 0 Å². The van der Waals surface area contributed by atoms with Gasteiger partial charge in [0.05, 0.1) is 13.2 Å². The summed E-state index contributed by atoms with van der Waals surface area (Å²) in [5.41, 5.74) is 1.33. The third-order valence-corrected chi connectivity index (χ3v) is 3.80. The van der Waals surface area contributed by atoms with E-state index in [4.69, 9.17) is 9.47 Å². The first-order valence-electron chi connectivity index (χ1n) is 9.03. The number of unbranched alkanes of at least 4 members (excludes halogenated alkanes) is 2. The molecule has 26 heavy (non-hydrogen) atoms. The monoisotopic (exact) mass is 358 g/mol. The van der Waals surface area contributed by atoms with Crippen molar-refractivity contribution in [2.45, 2.75) is 39.5 Å². The lowest BCUT2D eigenvalue weighted by Crippen LogP contribution is -2.14. The molecule has 0 aromatic heterocycles. The fourth-order valence-electron chi connectivity index (χ4n) is 2.33. The number of nitrogens with one attached hydrogen (secondary N) is 2. The lowest BCUT2D eigenvalue weighted by atomic mass is 10.1. The number of ether oxygens (including phenoxy) is 2. The molecule has 0 spiro atoms. The van der Waals surface area contributed by atoms with E-state index in [9.17, 15) is 9.59 Å². The lowest BCUT2D eigenvalue weighted by molar-refractivity contribution is 0.159. The first kappa shape index (κ1) is 19.6. The molecule has 2 aromatic carbocycles. The number of anilines is 2. The summed E-state index contributed by atoms with van der Waals surface area (Å²) in [4.78, 5) is 23.4. The van der Waals surface area contributed by atoms with E-state index in [1.54, 1.807) is 12.1 Å². The molecule has 0 heterocycles. The van der Waals surface area contributed by atoms with Gasteiger partial charge < -0.3 is 9.47 Å². The highest BCUT2D eigenvalue weighted by Gasteiger charge is 2.06. The largest absolute Gasteiger partial charge is 0.449 e. The molecule has 6 heteroatoms. The second-order valence-electron chi connectivity index (χ2n) is 6.01. The zero-order chi connectivity index (χ0) is 18.8. The van der Waals surface area contributed by atoms with E-state index in [0.29, 0.717) is 24.6 Å². The van der Waals surface area contributed by atoms with Crippen LogP contribution >= 0.6 is 0 Å². The maximum atomic E-state index is 11.7. The van der Waals surface area contributed by atoms with Gasteiger partial charge in [-0.2, -0.15) is 0 Å². The summed E-state index contributed by atoms with van der Waals surface area (Å²) in [7, 11) is 0. The zero-order valence-electron chi connectivity index (χ0n) is 15.3. The molecule has 0 atom stereocenters. The number of carbonyl (C=O) groups excluding carboxylic acids is 2. The smallest absolute Gasteiger partial charge is 0.411 e. The summed E-state index contributed by atoms with van der Waals surface area (Å²) in [5, 5.41) is 7.33. The lowest BCUT2D eigenvalue weighted by Gasteiger charge is -2.09. The van der Waals surface area contributed by atoms with Crippen LogP contribution in [0.4, 0.5) is 21.0 Å². The zero-order valence-corrected chi connectivity index (χ0v) is 15.3. The number of carbonyl (C=O) groups is 2. The van der Waals surface area contributed by atoms with Crippen molar-refractivity contribution in [3.8, 4) is 0 Å². The maximum Gasteiger partial charge on any atom is 0.411 e. The minimum Gasteiger partial charge on any atom is -0.449 e. The average molecular weight is 358 g/mol. The summed E-state index contributed by atoms with van der Waals surface area (Å²) in [6, 6.07) is 11.1. The molecule has 2 rings (SSSR count). The molecular formula is C20H26N2O4. The molecule has 140 valence electrons. The van der Waals surface area contributed by atoms with E-state index in [1.165, 1.54) is 0 Å². The number of hydrogen-bond donors (Lipinski definition) is 2. The number of rotatable bonds is 8. The molecule has 2 amide bonds. The van der Waals surface area contributed by atoms with Gasteiger partial charge in [-0.05, 0) is 47.9 Å². The quantitative estimate of drug-likeness (QED) is 0.608. The topological polar surface area (TPSA) is 76.7 Å². The summed E-state index contributed by atoms with van der Waals surface area (Å²) < 4.78 is 10.2. The second-order valence-corrected chi connectivity index (χ2v) is 6.01. The van der Waals surface area contributed by atoms with Crippen LogP contribution in [0, 0.1) is 0 Å². The van der Waals surface area contributed by atoms with Crippen molar-refractivity contribution >= 4 is 34.3 Å². The molecular weight excluding hydrogens is 332 g/mol. The van der Waals surface area contributed by atoms with Crippen LogP contribution in [0.3, 0.4) is 0 Å². The molecule has 0 aliphatic heterocycles. The highest BCUT2D eigenvalue weighted by molar-refractivity contribution is 5.94. The number of hydrogen-bond acceptors (Lipinski definition) is 4. The van der Waals surface area contributed by atoms with Gasteiger partial charge in [-0.3, -0.25) is 10.6 Å². The predicted molar refractivity (Wildman–Crippen MR) is 104 cm³/mol. The van der Waals surface area contributed by atoms with E-state index < -0.39 is 12.2 Å². The molecule has 6 nitrogen and oxygen atoms in total. The van der Waals surface area contributed by atoms with Crippen molar-refractivity contribution in [1.82, 2.24) is 0 Å². The predicted octanol–water partition coefficient (Wildman–Crippen LogP) is 5.54. The fourth-order valence-corrected chi connectivity index (χ4v) is 2.33. The van der Waals surface area contributed by atoms with Crippen molar-refractivity contribution in [2.75, 3.05) is 23.8 Å². The van der Waals surface area contributed by atoms with Gasteiger partial charge in [-0.25, -0.2) is 9.59 Å². The third-order valence-electron chi connectivity index (χ3n) is 3.80. The van der Waals surface area contributed by atoms with Crippen molar-refractivity contribution in [1.29, 1.82) is 0 Å². The van der Waals surface area contributed by atoms with E-state index in [1.807, 2.05) is 38.1 Å². The van der Waals surface area contributed by atoms with E-state index in [2.05, 4.69) is 10.6 Å². The third kappa shape index (κ3) is 6.27. The van der Waals surface area contributed by atoms with Crippen LogP contribution in [-0.2, 0) is 9.47 Å². The van der Waals surface area contributed by atoms with Crippen LogP contribution in [-0.4, -0.2) is 25.4 Å². The fraction of sp³-hybridized carbons (Fsp3) is 0.400. The van der Waals surface area contributed by atoms with Crippen molar-refractivity contribution in [3.63, 3.8) is 0 Å². The van der Waals surface area contributed by atoms with Gasteiger partial charge >= 0.3 is 12.2 Å². The van der Waals surface area contributed by atoms with Crippen LogP contribution in [0.1, 0.15) is 39.5 Å². The van der Waals surface area contributed by atoms with Crippen LogP contribution in [0.15, 0.2) is 36.4 Å². The van der Waals surface area contributed by atoms with Crippen molar-refractivity contribution in [2.24, 2.45) is 0 Å². The Labute approximate surface area is 153 Å². The Balaban J connectivity index is 1.96. The molecule has 0 saturated heterocycles. The number of benzene rings is 2. The molecule has 0 bridgehead atoms. The Kier molecular flexibility index (Phi) is 7.74. The highest BCUT2D eigenvalue weighted by atomic mass is 16.6. The number of amides is 2. The van der Waals surface area contributed by atoms with Gasteiger partial charge in [0, 0.05) is 11.4 Å². The molecule has 2 aromatic rings. The SMILES string of the molecule is CCCCOC(=O)Nc1ccc2cc(NC(=O)OCCCC)ccc2c1. The molecule has 0 aliphatic carbocycles. The Morgan fingerprint density at radius 2 is 1.19 bits per heavy atom. The van der Waals surface area contributed by atoms with E-state index in [-0.39, 0.29) is 0 Å². The van der Waals surface area contributed by atoms with Gasteiger partial charge in [0.1, 0.15) is 0 Å². The minimum atomic E-state index is -0.453. The molecule has 0 radical (unpaired) electrons. The summed E-state index contributed by atoms with van der Waals surface area (Å²) >= 11 is 0. The number of fused-ring (bicyclic) bond motifs is 1. The van der Waals surface area contributed by atoms with Gasteiger partial charge in [-0.15, -0.1) is 0 Å². The maximum absolute atomic E-state index is 11.7. The summed E-state index contributed by atoms with van der Waals surface area (Å²) in [6.07, 6.45) is 2.75. The van der Waals surface area contributed by atoms with Crippen LogP contribution in [0.5, 0.6) is 0 Å². The van der Waals surface area contributed by atoms with Crippen LogP contribution in [0.25, 0.3) is 10.8 Å². The van der Waals surface area contributed by atoms with Crippen molar-refractivity contribution in [3.05, 3.63) is 36.4 Å². The van der Waals surface area contributed by atoms with E-state index in [0.717, 1.165) is 36.5 Å². The normalized spacial score (nSPS) is 10.4. The molecule has 0 saturated carbocycles. The standard InChI is InChI=1S/C20H26N2O4/c1-3-5-11-25-19(23)21-17-9-7-16-14-18(10-8-15(16)13-17)22-20(24)26-12-6-4-2/h7-10,13-14H,3-6,11-12H2,1-2H3,(H,21,23)(H,22,24). The van der Waals surface area contributed by atoms with E-state index >= 15 is 0 Å². The minimum absolute atomic E-state index is 0.416. The van der Waals surface area contributed by atoms with Gasteiger partial charge in [0.2, 0.25) is 0 Å². The van der Waals surface area contributed by atoms with Crippen molar-refractivity contribution < 1.29 is 19.1 Å². The first-order chi connectivity index (χ1) is 12.6. The Hall–Kier alpha value is -2.76. The summed E-state index contributed by atoms with van der Waals surface area (Å²) in [6.45, 7) is 4.91. The molecule has 0 unspecified atom stereocenters. The Morgan fingerprint density at radius 1 is 0.769 bits per heavy atom. The molecule has 0 aliphatic rings. The first-order valence-corrected chi connectivity index (χ1v) is 9.03. The summed E-state index contributed by atoms with van der Waals surface area (Å²) in [5.74, 6) is 0. The molecule has 0 fully saturated rings. The van der Waals surface area contributed by atoms with Crippen LogP contribution in [0.2, 0.25) is 0 Å². The Morgan fingerprint density at radius 3 is 1.58 bits per heavy atom. The second kappa shape index (κ2) is 10.3. The van der Waals surface area contributed by atoms with Gasteiger partial charge in [0.25, 0.3) is 0 Å². The average Bonchev–Trinajstić information content (AvgIpc) is 2.62. The molecule has 2 N–H and O–H groups in total. The highest BCUT2D eigenvalue weighted by Crippen LogP contribution is 2.23.